The maximum Gasteiger partial charge on any atom is 0.258 e. The van der Waals surface area contributed by atoms with E-state index in [0.29, 0.717) is 27.2 Å². The van der Waals surface area contributed by atoms with E-state index in [1.807, 2.05) is 12.1 Å². The molecule has 0 saturated carbocycles. The molecule has 0 spiro atoms. The third-order valence-electron chi connectivity index (χ3n) is 4.83. The number of rotatable bonds is 2. The molecule has 1 unspecified atom stereocenters. The van der Waals surface area contributed by atoms with Gasteiger partial charge in [-0.25, -0.2) is 0 Å². The second-order valence-corrected chi connectivity index (χ2v) is 9.09. The van der Waals surface area contributed by atoms with Crippen LogP contribution in [-0.2, 0) is 12.8 Å². The van der Waals surface area contributed by atoms with E-state index < -0.39 is 0 Å². The Morgan fingerprint density at radius 1 is 1.38 bits per heavy atom. The molecule has 128 valence electrons. The lowest BCUT2D eigenvalue weighted by atomic mass is 9.72. The molecule has 0 aliphatic heterocycles. The van der Waals surface area contributed by atoms with Crippen LogP contribution >= 0.6 is 22.9 Å². The van der Waals surface area contributed by atoms with E-state index in [4.69, 9.17) is 17.3 Å². The van der Waals surface area contributed by atoms with Crippen LogP contribution in [0.15, 0.2) is 24.3 Å². The van der Waals surface area contributed by atoms with Crippen LogP contribution in [0.3, 0.4) is 0 Å². The first-order chi connectivity index (χ1) is 11.3. The second-order valence-electron chi connectivity index (χ2n) is 7.51. The molecular formula is C19H23ClN2OS. The second kappa shape index (κ2) is 6.41. The summed E-state index contributed by atoms with van der Waals surface area (Å²) in [5.41, 5.74) is 8.95. The topological polar surface area (TPSA) is 55.1 Å². The maximum atomic E-state index is 12.7. The predicted molar refractivity (Wildman–Crippen MR) is 103 cm³/mol. The largest absolute Gasteiger partial charge is 0.390 e. The highest BCUT2D eigenvalue weighted by atomic mass is 35.5. The van der Waals surface area contributed by atoms with Gasteiger partial charge in [-0.3, -0.25) is 4.79 Å². The molecule has 0 bridgehead atoms. The summed E-state index contributed by atoms with van der Waals surface area (Å²) < 4.78 is 0. The Labute approximate surface area is 152 Å². The minimum atomic E-state index is -0.138. The first kappa shape index (κ1) is 17.3. The number of anilines is 2. The Morgan fingerprint density at radius 2 is 2.12 bits per heavy atom. The SMILES string of the molecule is CC(C)(C)C1CCc2c(sc(N)c2C(=O)Nc2cccc(Cl)c2)C1. The number of hydrogen-bond acceptors (Lipinski definition) is 3. The molecule has 24 heavy (non-hydrogen) atoms. The van der Waals surface area contributed by atoms with Gasteiger partial charge < -0.3 is 11.1 Å². The van der Waals surface area contributed by atoms with Gasteiger partial charge in [0.15, 0.2) is 0 Å². The van der Waals surface area contributed by atoms with Crippen molar-refractivity contribution in [3.05, 3.63) is 45.3 Å². The first-order valence-electron chi connectivity index (χ1n) is 8.22. The Kier molecular flexibility index (Phi) is 4.63. The van der Waals surface area contributed by atoms with Crippen molar-refractivity contribution in [2.24, 2.45) is 11.3 Å². The Hall–Kier alpha value is -1.52. The van der Waals surface area contributed by atoms with Crippen LogP contribution < -0.4 is 11.1 Å². The van der Waals surface area contributed by atoms with Crippen molar-refractivity contribution < 1.29 is 4.79 Å². The predicted octanol–water partition coefficient (Wildman–Crippen LogP) is 5.39. The van der Waals surface area contributed by atoms with Gasteiger partial charge in [-0.15, -0.1) is 11.3 Å². The number of nitrogens with two attached hydrogens (primary N) is 1. The van der Waals surface area contributed by atoms with Gasteiger partial charge in [-0.2, -0.15) is 0 Å². The van der Waals surface area contributed by atoms with E-state index in [2.05, 4.69) is 26.1 Å². The van der Waals surface area contributed by atoms with Crippen molar-refractivity contribution in [3.8, 4) is 0 Å². The van der Waals surface area contributed by atoms with Gasteiger partial charge >= 0.3 is 0 Å². The summed E-state index contributed by atoms with van der Waals surface area (Å²) in [5.74, 6) is 0.494. The van der Waals surface area contributed by atoms with Crippen molar-refractivity contribution in [2.45, 2.75) is 40.0 Å². The molecule has 1 atom stereocenters. The molecule has 1 heterocycles. The fraction of sp³-hybridized carbons (Fsp3) is 0.421. The fourth-order valence-electron chi connectivity index (χ4n) is 3.36. The summed E-state index contributed by atoms with van der Waals surface area (Å²) in [6.45, 7) is 6.85. The van der Waals surface area contributed by atoms with Crippen LogP contribution in [-0.4, -0.2) is 5.91 Å². The molecule has 3 nitrogen and oxygen atoms in total. The molecule has 1 aliphatic rings. The lowest BCUT2D eigenvalue weighted by molar-refractivity contribution is 0.102. The standard InChI is InChI=1S/C19H23ClN2OS/c1-19(2,3)11-7-8-14-15(9-11)24-17(21)16(14)18(23)22-13-6-4-5-12(20)10-13/h4-6,10-11H,7-9,21H2,1-3H3,(H,22,23). The average molecular weight is 363 g/mol. The summed E-state index contributed by atoms with van der Waals surface area (Å²) in [4.78, 5) is 14.0. The number of nitrogens with one attached hydrogen (secondary N) is 1. The molecule has 0 fully saturated rings. The summed E-state index contributed by atoms with van der Waals surface area (Å²) >= 11 is 7.55. The zero-order valence-electron chi connectivity index (χ0n) is 14.3. The number of carbonyl (C=O) groups is 1. The van der Waals surface area contributed by atoms with Gasteiger partial charge in [0, 0.05) is 15.6 Å². The van der Waals surface area contributed by atoms with E-state index in [0.717, 1.165) is 24.8 Å². The fourth-order valence-corrected chi connectivity index (χ4v) is 4.74. The van der Waals surface area contributed by atoms with Crippen LogP contribution in [0.1, 0.15) is 48.0 Å². The number of halogens is 1. The third kappa shape index (κ3) is 3.45. The molecule has 3 N–H and O–H groups in total. The summed E-state index contributed by atoms with van der Waals surface area (Å²) in [6.07, 6.45) is 3.03. The van der Waals surface area contributed by atoms with Crippen LogP contribution in [0.4, 0.5) is 10.7 Å². The number of amides is 1. The molecule has 1 aromatic heterocycles. The Morgan fingerprint density at radius 3 is 2.79 bits per heavy atom. The summed E-state index contributed by atoms with van der Waals surface area (Å²) in [6, 6.07) is 7.17. The molecule has 1 aliphatic carbocycles. The Bertz CT molecular complexity index is 776. The average Bonchev–Trinajstić information content (AvgIpc) is 2.81. The summed E-state index contributed by atoms with van der Waals surface area (Å²) in [5, 5.41) is 4.14. The summed E-state index contributed by atoms with van der Waals surface area (Å²) in [7, 11) is 0. The van der Waals surface area contributed by atoms with E-state index in [9.17, 15) is 4.79 Å². The molecule has 0 radical (unpaired) electrons. The maximum absolute atomic E-state index is 12.7. The minimum absolute atomic E-state index is 0.138. The van der Waals surface area contributed by atoms with Gasteiger partial charge in [0.1, 0.15) is 0 Å². The van der Waals surface area contributed by atoms with Crippen molar-refractivity contribution in [1.82, 2.24) is 0 Å². The number of carbonyl (C=O) groups excluding carboxylic acids is 1. The molecule has 3 rings (SSSR count). The number of nitrogen functional groups attached to an aromatic ring is 1. The highest BCUT2D eigenvalue weighted by Crippen LogP contribution is 2.43. The number of fused-ring (bicyclic) bond motifs is 1. The van der Waals surface area contributed by atoms with E-state index in [1.165, 1.54) is 4.88 Å². The monoisotopic (exact) mass is 362 g/mol. The normalized spacial score (nSPS) is 17.4. The first-order valence-corrected chi connectivity index (χ1v) is 9.42. The van der Waals surface area contributed by atoms with Crippen molar-refractivity contribution in [2.75, 3.05) is 11.1 Å². The molecule has 1 amide bonds. The van der Waals surface area contributed by atoms with Gasteiger partial charge in [-0.05, 0) is 54.4 Å². The van der Waals surface area contributed by atoms with Gasteiger partial charge in [0.05, 0.1) is 10.6 Å². The minimum Gasteiger partial charge on any atom is -0.390 e. The van der Waals surface area contributed by atoms with Gasteiger partial charge in [0.2, 0.25) is 0 Å². The van der Waals surface area contributed by atoms with Crippen LogP contribution in [0.25, 0.3) is 0 Å². The van der Waals surface area contributed by atoms with Crippen molar-refractivity contribution >= 4 is 39.5 Å². The van der Waals surface area contributed by atoms with Gasteiger partial charge in [0.25, 0.3) is 5.91 Å². The number of thiophene rings is 1. The quantitative estimate of drug-likeness (QED) is 0.752. The highest BCUT2D eigenvalue weighted by molar-refractivity contribution is 7.16. The molecular weight excluding hydrogens is 340 g/mol. The third-order valence-corrected chi connectivity index (χ3v) is 6.15. The highest BCUT2D eigenvalue weighted by Gasteiger charge is 2.33. The molecule has 1 aromatic carbocycles. The van der Waals surface area contributed by atoms with E-state index in [-0.39, 0.29) is 11.3 Å². The number of benzene rings is 1. The van der Waals surface area contributed by atoms with E-state index >= 15 is 0 Å². The van der Waals surface area contributed by atoms with Crippen molar-refractivity contribution in [1.29, 1.82) is 0 Å². The van der Waals surface area contributed by atoms with Crippen LogP contribution in [0.5, 0.6) is 0 Å². The lowest BCUT2D eigenvalue weighted by Crippen LogP contribution is -2.27. The number of hydrogen-bond donors (Lipinski definition) is 2. The zero-order valence-corrected chi connectivity index (χ0v) is 15.9. The van der Waals surface area contributed by atoms with E-state index in [1.54, 1.807) is 23.5 Å². The molecule has 5 heteroatoms. The van der Waals surface area contributed by atoms with Crippen LogP contribution in [0, 0.1) is 11.3 Å². The molecule has 0 saturated heterocycles. The molecule has 2 aromatic rings. The Balaban J connectivity index is 1.85. The lowest BCUT2D eigenvalue weighted by Gasteiger charge is -2.33. The zero-order chi connectivity index (χ0) is 17.5. The van der Waals surface area contributed by atoms with Crippen LogP contribution in [0.2, 0.25) is 5.02 Å². The van der Waals surface area contributed by atoms with Crippen molar-refractivity contribution in [3.63, 3.8) is 0 Å². The van der Waals surface area contributed by atoms with Gasteiger partial charge in [-0.1, -0.05) is 38.4 Å². The smallest absolute Gasteiger partial charge is 0.258 e.